The van der Waals surface area contributed by atoms with Crippen LogP contribution < -0.4 is 20.3 Å². The molecule has 8 heteroatoms. The smallest absolute Gasteiger partial charge is 0.255 e. The molecule has 0 aromatic heterocycles. The summed E-state index contributed by atoms with van der Waals surface area (Å²) in [5, 5.41) is 6.54. The molecule has 0 bridgehead atoms. The summed E-state index contributed by atoms with van der Waals surface area (Å²) in [5.74, 6) is 0.267. The van der Waals surface area contributed by atoms with Crippen LogP contribution in [0.4, 0.5) is 17.1 Å². The summed E-state index contributed by atoms with van der Waals surface area (Å²) in [6.45, 7) is 5.19. The van der Waals surface area contributed by atoms with Gasteiger partial charge in [0.15, 0.2) is 0 Å². The fraction of sp³-hybridized carbons (Fsp3) is 0.259. The molecule has 3 aromatic rings. The number of ether oxygens (including phenoxy) is 1. The van der Waals surface area contributed by atoms with E-state index in [1.807, 2.05) is 43.3 Å². The predicted molar refractivity (Wildman–Crippen MR) is 141 cm³/mol. The lowest BCUT2D eigenvalue weighted by atomic mass is 10.1. The molecule has 1 saturated heterocycles. The van der Waals surface area contributed by atoms with Crippen LogP contribution in [-0.2, 0) is 4.79 Å². The van der Waals surface area contributed by atoms with Crippen molar-refractivity contribution in [1.29, 1.82) is 0 Å². The van der Waals surface area contributed by atoms with E-state index in [0.29, 0.717) is 22.7 Å². The number of carbonyl (C=O) groups excluding carboxylic acids is 2. The SMILES string of the molecule is COc1ccccc1NC(=O)c1ccc(NC(=O)C(C)N2CCN(c3ccc(Cl)cc3)CC2)cc1. The van der Waals surface area contributed by atoms with E-state index in [1.54, 1.807) is 43.5 Å². The lowest BCUT2D eigenvalue weighted by Crippen LogP contribution is -2.52. The number of piperazine rings is 1. The van der Waals surface area contributed by atoms with Gasteiger partial charge >= 0.3 is 0 Å². The fourth-order valence-electron chi connectivity index (χ4n) is 4.08. The van der Waals surface area contributed by atoms with Crippen LogP contribution in [0.15, 0.2) is 72.8 Å². The molecule has 7 nitrogen and oxygen atoms in total. The van der Waals surface area contributed by atoms with E-state index in [0.717, 1.165) is 36.9 Å². The minimum absolute atomic E-state index is 0.0730. The fourth-order valence-corrected chi connectivity index (χ4v) is 4.21. The van der Waals surface area contributed by atoms with Crippen LogP contribution in [0.25, 0.3) is 0 Å². The summed E-state index contributed by atoms with van der Waals surface area (Å²) in [4.78, 5) is 29.9. The first-order valence-corrected chi connectivity index (χ1v) is 11.9. The summed E-state index contributed by atoms with van der Waals surface area (Å²) < 4.78 is 5.28. The molecule has 1 fully saturated rings. The van der Waals surface area contributed by atoms with E-state index < -0.39 is 0 Å². The summed E-state index contributed by atoms with van der Waals surface area (Å²) in [6, 6.07) is 21.7. The van der Waals surface area contributed by atoms with Crippen LogP contribution in [0.5, 0.6) is 5.75 Å². The number of hydrogen-bond donors (Lipinski definition) is 2. The Kier molecular flexibility index (Phi) is 7.90. The summed E-state index contributed by atoms with van der Waals surface area (Å²) >= 11 is 5.99. The highest BCUT2D eigenvalue weighted by Crippen LogP contribution is 2.24. The summed E-state index contributed by atoms with van der Waals surface area (Å²) in [6.07, 6.45) is 0. The normalized spacial score (nSPS) is 14.8. The van der Waals surface area contributed by atoms with Gasteiger partial charge in [-0.1, -0.05) is 23.7 Å². The van der Waals surface area contributed by atoms with Crippen LogP contribution in [0, 0.1) is 0 Å². The van der Waals surface area contributed by atoms with Gasteiger partial charge in [0, 0.05) is 48.1 Å². The van der Waals surface area contributed by atoms with Gasteiger partial charge in [-0.2, -0.15) is 0 Å². The number of halogens is 1. The maximum absolute atomic E-state index is 12.9. The van der Waals surface area contributed by atoms with Crippen LogP contribution >= 0.6 is 11.6 Å². The minimum Gasteiger partial charge on any atom is -0.495 e. The van der Waals surface area contributed by atoms with Gasteiger partial charge in [-0.05, 0) is 67.6 Å². The Morgan fingerprint density at radius 3 is 2.20 bits per heavy atom. The molecule has 2 N–H and O–H groups in total. The predicted octanol–water partition coefficient (Wildman–Crippen LogP) is 4.75. The van der Waals surface area contributed by atoms with Crippen LogP contribution in [0.1, 0.15) is 17.3 Å². The molecular formula is C27H29ClN4O3. The molecule has 4 rings (SSSR count). The third-order valence-corrected chi connectivity index (χ3v) is 6.45. The Labute approximate surface area is 210 Å². The molecule has 3 aromatic carbocycles. The molecule has 0 saturated carbocycles. The number of hydrogen-bond acceptors (Lipinski definition) is 5. The first-order chi connectivity index (χ1) is 16.9. The van der Waals surface area contributed by atoms with Crippen molar-refractivity contribution in [3.8, 4) is 5.75 Å². The molecule has 1 unspecified atom stereocenters. The third-order valence-electron chi connectivity index (χ3n) is 6.20. The number of rotatable bonds is 7. The van der Waals surface area contributed by atoms with Crippen LogP contribution in [0.3, 0.4) is 0 Å². The highest BCUT2D eigenvalue weighted by molar-refractivity contribution is 6.30. The second kappa shape index (κ2) is 11.3. The molecule has 0 aliphatic carbocycles. The van der Waals surface area contributed by atoms with E-state index in [1.165, 1.54) is 0 Å². The Balaban J connectivity index is 1.29. The Hall–Kier alpha value is -3.55. The standard InChI is InChI=1S/C27H29ClN4O3/c1-19(31-15-17-32(18-16-31)23-13-9-21(28)10-14-23)26(33)29-22-11-7-20(8-12-22)27(34)30-24-5-3-4-6-25(24)35-2/h3-14,19H,15-18H2,1-2H3,(H,29,33)(H,30,34). The lowest BCUT2D eigenvalue weighted by Gasteiger charge is -2.38. The summed E-state index contributed by atoms with van der Waals surface area (Å²) in [7, 11) is 1.56. The Morgan fingerprint density at radius 1 is 0.886 bits per heavy atom. The number of para-hydroxylation sites is 2. The number of carbonyl (C=O) groups is 2. The van der Waals surface area contributed by atoms with Crippen molar-refractivity contribution >= 4 is 40.5 Å². The van der Waals surface area contributed by atoms with Gasteiger partial charge in [0.05, 0.1) is 18.8 Å². The van der Waals surface area contributed by atoms with E-state index >= 15 is 0 Å². The molecule has 182 valence electrons. The van der Waals surface area contributed by atoms with E-state index in [-0.39, 0.29) is 17.9 Å². The van der Waals surface area contributed by atoms with Crippen molar-refractivity contribution in [2.45, 2.75) is 13.0 Å². The molecule has 1 heterocycles. The third kappa shape index (κ3) is 6.12. The van der Waals surface area contributed by atoms with E-state index in [9.17, 15) is 9.59 Å². The quantitative estimate of drug-likeness (QED) is 0.498. The molecule has 1 aliphatic rings. The highest BCUT2D eigenvalue weighted by atomic mass is 35.5. The molecular weight excluding hydrogens is 464 g/mol. The second-order valence-corrected chi connectivity index (χ2v) is 8.83. The van der Waals surface area contributed by atoms with Crippen molar-refractivity contribution in [3.63, 3.8) is 0 Å². The van der Waals surface area contributed by atoms with Crippen molar-refractivity contribution in [2.75, 3.05) is 48.8 Å². The van der Waals surface area contributed by atoms with Gasteiger partial charge in [0.1, 0.15) is 5.75 Å². The number of nitrogens with one attached hydrogen (secondary N) is 2. The molecule has 1 aliphatic heterocycles. The number of benzene rings is 3. The topological polar surface area (TPSA) is 73.9 Å². The van der Waals surface area contributed by atoms with Crippen molar-refractivity contribution in [3.05, 3.63) is 83.4 Å². The Morgan fingerprint density at radius 2 is 1.54 bits per heavy atom. The van der Waals surface area contributed by atoms with Gasteiger partial charge in [-0.15, -0.1) is 0 Å². The zero-order chi connectivity index (χ0) is 24.8. The molecule has 2 amide bonds. The van der Waals surface area contributed by atoms with Crippen LogP contribution in [-0.4, -0.2) is 56.0 Å². The highest BCUT2D eigenvalue weighted by Gasteiger charge is 2.26. The van der Waals surface area contributed by atoms with Crippen molar-refractivity contribution < 1.29 is 14.3 Å². The average molecular weight is 493 g/mol. The number of anilines is 3. The number of amides is 2. The van der Waals surface area contributed by atoms with Gasteiger partial charge in [0.2, 0.25) is 5.91 Å². The number of methoxy groups -OCH3 is 1. The summed E-state index contributed by atoms with van der Waals surface area (Å²) in [5.41, 5.74) is 2.87. The van der Waals surface area contributed by atoms with Gasteiger partial charge < -0.3 is 20.3 Å². The first-order valence-electron chi connectivity index (χ1n) is 11.5. The van der Waals surface area contributed by atoms with Crippen molar-refractivity contribution in [1.82, 2.24) is 4.90 Å². The van der Waals surface area contributed by atoms with Crippen LogP contribution in [0.2, 0.25) is 5.02 Å². The van der Waals surface area contributed by atoms with Gasteiger partial charge in [0.25, 0.3) is 5.91 Å². The minimum atomic E-state index is -0.268. The first kappa shape index (κ1) is 24.6. The average Bonchev–Trinajstić information content (AvgIpc) is 2.89. The largest absolute Gasteiger partial charge is 0.495 e. The maximum Gasteiger partial charge on any atom is 0.255 e. The molecule has 0 radical (unpaired) electrons. The monoisotopic (exact) mass is 492 g/mol. The zero-order valence-electron chi connectivity index (χ0n) is 19.8. The molecule has 35 heavy (non-hydrogen) atoms. The zero-order valence-corrected chi connectivity index (χ0v) is 20.6. The van der Waals surface area contributed by atoms with Gasteiger partial charge in [-0.3, -0.25) is 14.5 Å². The Bertz CT molecular complexity index is 1160. The second-order valence-electron chi connectivity index (χ2n) is 8.40. The number of nitrogens with zero attached hydrogens (tertiary/aromatic N) is 2. The maximum atomic E-state index is 12.9. The lowest BCUT2D eigenvalue weighted by molar-refractivity contribution is -0.120. The van der Waals surface area contributed by atoms with Crippen molar-refractivity contribution in [2.24, 2.45) is 0 Å². The van der Waals surface area contributed by atoms with E-state index in [2.05, 4.69) is 20.4 Å². The molecule has 1 atom stereocenters. The molecule has 0 spiro atoms. The van der Waals surface area contributed by atoms with E-state index in [4.69, 9.17) is 16.3 Å². The van der Waals surface area contributed by atoms with Gasteiger partial charge in [-0.25, -0.2) is 0 Å².